The highest BCUT2D eigenvalue weighted by Gasteiger charge is 1.91. The molecule has 0 aromatic carbocycles. The number of hydrogen-bond acceptors (Lipinski definition) is 3. The smallest absolute Gasteiger partial charge is 0.0947 e. The van der Waals surface area contributed by atoms with E-state index in [9.17, 15) is 0 Å². The van der Waals surface area contributed by atoms with Crippen LogP contribution in [-0.4, -0.2) is 18.6 Å². The molecule has 11 heavy (non-hydrogen) atoms. The van der Waals surface area contributed by atoms with Crippen LogP contribution in [0, 0.1) is 0 Å². The monoisotopic (exact) mass is 171 g/mol. The van der Waals surface area contributed by atoms with Gasteiger partial charge in [0.2, 0.25) is 0 Å². The van der Waals surface area contributed by atoms with E-state index in [-0.39, 0.29) is 0 Å². The third-order valence-corrected chi connectivity index (χ3v) is 2.00. The molecule has 3 heteroatoms. The Balaban J connectivity index is 2.04. The van der Waals surface area contributed by atoms with E-state index in [1.54, 1.807) is 12.5 Å². The van der Waals surface area contributed by atoms with Gasteiger partial charge in [-0.15, -0.1) is 0 Å². The third-order valence-electron chi connectivity index (χ3n) is 1.39. The van der Waals surface area contributed by atoms with E-state index in [4.69, 9.17) is 4.42 Å². The minimum Gasteiger partial charge on any atom is -0.472 e. The first kappa shape index (κ1) is 8.68. The fourth-order valence-electron chi connectivity index (χ4n) is 0.800. The van der Waals surface area contributed by atoms with Crippen LogP contribution in [0.2, 0.25) is 0 Å². The summed E-state index contributed by atoms with van der Waals surface area (Å²) in [5.41, 5.74) is 1.21. The van der Waals surface area contributed by atoms with Gasteiger partial charge in [-0.2, -0.15) is 11.8 Å². The van der Waals surface area contributed by atoms with Crippen LogP contribution >= 0.6 is 11.8 Å². The zero-order chi connectivity index (χ0) is 7.94. The molecule has 0 aliphatic rings. The summed E-state index contributed by atoms with van der Waals surface area (Å²) < 4.78 is 4.93. The average molecular weight is 171 g/mol. The van der Waals surface area contributed by atoms with Crippen LogP contribution < -0.4 is 5.32 Å². The highest BCUT2D eigenvalue weighted by molar-refractivity contribution is 7.98. The van der Waals surface area contributed by atoms with Crippen LogP contribution in [0.1, 0.15) is 5.56 Å². The van der Waals surface area contributed by atoms with E-state index in [2.05, 4.69) is 11.6 Å². The first-order chi connectivity index (χ1) is 5.43. The van der Waals surface area contributed by atoms with Gasteiger partial charge in [0.05, 0.1) is 12.5 Å². The van der Waals surface area contributed by atoms with Crippen molar-refractivity contribution in [3.8, 4) is 0 Å². The molecule has 0 aliphatic heterocycles. The predicted octanol–water partition coefficient (Wildman–Crippen LogP) is 1.73. The minimum atomic E-state index is 0.914. The summed E-state index contributed by atoms with van der Waals surface area (Å²) in [4.78, 5) is 0. The molecule has 0 unspecified atom stereocenters. The Hall–Kier alpha value is -0.410. The summed E-state index contributed by atoms with van der Waals surface area (Å²) >= 11 is 1.85. The van der Waals surface area contributed by atoms with Gasteiger partial charge < -0.3 is 9.73 Å². The average Bonchev–Trinajstić information content (AvgIpc) is 2.50. The molecular weight excluding hydrogens is 158 g/mol. The second kappa shape index (κ2) is 5.27. The molecule has 1 N–H and O–H groups in total. The molecule has 0 bridgehead atoms. The molecule has 2 nitrogen and oxygen atoms in total. The van der Waals surface area contributed by atoms with Crippen LogP contribution in [0.25, 0.3) is 0 Å². The molecule has 0 spiro atoms. The second-order valence-corrected chi connectivity index (χ2v) is 3.29. The highest BCUT2D eigenvalue weighted by atomic mass is 32.2. The Morgan fingerprint density at radius 2 is 2.55 bits per heavy atom. The lowest BCUT2D eigenvalue weighted by Crippen LogP contribution is -2.15. The zero-order valence-electron chi connectivity index (χ0n) is 6.67. The van der Waals surface area contributed by atoms with Crippen molar-refractivity contribution >= 4 is 11.8 Å². The molecule has 1 rings (SSSR count). The summed E-state index contributed by atoms with van der Waals surface area (Å²) in [6.07, 6.45) is 5.58. The summed E-state index contributed by atoms with van der Waals surface area (Å²) in [6.45, 7) is 1.98. The van der Waals surface area contributed by atoms with Crippen molar-refractivity contribution in [2.45, 2.75) is 6.54 Å². The summed E-state index contributed by atoms with van der Waals surface area (Å²) in [5.74, 6) is 1.16. The Labute approximate surface area is 71.4 Å². The van der Waals surface area contributed by atoms with Gasteiger partial charge in [0.25, 0.3) is 0 Å². The molecule has 0 atom stereocenters. The van der Waals surface area contributed by atoms with Crippen LogP contribution in [-0.2, 0) is 6.54 Å². The lowest BCUT2D eigenvalue weighted by molar-refractivity contribution is 0.561. The van der Waals surface area contributed by atoms with E-state index >= 15 is 0 Å². The number of furan rings is 1. The first-order valence-corrected chi connectivity index (χ1v) is 5.03. The summed E-state index contributed by atoms with van der Waals surface area (Å²) in [7, 11) is 0. The molecule has 1 aromatic rings. The maximum atomic E-state index is 4.93. The molecule has 1 heterocycles. The van der Waals surface area contributed by atoms with Crippen LogP contribution in [0.15, 0.2) is 23.0 Å². The maximum absolute atomic E-state index is 4.93. The third kappa shape index (κ3) is 3.49. The molecule has 1 aromatic heterocycles. The van der Waals surface area contributed by atoms with Crippen molar-refractivity contribution in [2.75, 3.05) is 18.6 Å². The SMILES string of the molecule is CSCCNCc1ccoc1. The Bertz CT molecular complexity index is 174. The number of rotatable bonds is 5. The molecule has 0 fully saturated rings. The highest BCUT2D eigenvalue weighted by Crippen LogP contribution is 1.98. The normalized spacial score (nSPS) is 10.3. The van der Waals surface area contributed by atoms with Gasteiger partial charge in [0.15, 0.2) is 0 Å². The summed E-state index contributed by atoms with van der Waals surface area (Å²) in [6, 6.07) is 1.98. The molecule has 0 radical (unpaired) electrons. The van der Waals surface area contributed by atoms with Gasteiger partial charge in [-0.25, -0.2) is 0 Å². The lowest BCUT2D eigenvalue weighted by Gasteiger charge is -1.99. The van der Waals surface area contributed by atoms with Crippen molar-refractivity contribution in [3.63, 3.8) is 0 Å². The fraction of sp³-hybridized carbons (Fsp3) is 0.500. The quantitative estimate of drug-likeness (QED) is 0.683. The molecule has 0 saturated carbocycles. The van der Waals surface area contributed by atoms with E-state index in [0.29, 0.717) is 0 Å². The first-order valence-electron chi connectivity index (χ1n) is 3.64. The van der Waals surface area contributed by atoms with Crippen molar-refractivity contribution in [2.24, 2.45) is 0 Å². The van der Waals surface area contributed by atoms with Crippen LogP contribution in [0.5, 0.6) is 0 Å². The van der Waals surface area contributed by atoms with E-state index in [1.165, 1.54) is 5.56 Å². The van der Waals surface area contributed by atoms with Crippen molar-refractivity contribution in [1.29, 1.82) is 0 Å². The Kier molecular flexibility index (Phi) is 4.16. The molecule has 0 aliphatic carbocycles. The van der Waals surface area contributed by atoms with Gasteiger partial charge >= 0.3 is 0 Å². The van der Waals surface area contributed by atoms with Crippen molar-refractivity contribution < 1.29 is 4.42 Å². The van der Waals surface area contributed by atoms with Gasteiger partial charge in [-0.3, -0.25) is 0 Å². The molecule has 0 saturated heterocycles. The van der Waals surface area contributed by atoms with Crippen LogP contribution in [0.3, 0.4) is 0 Å². The Morgan fingerprint density at radius 1 is 1.64 bits per heavy atom. The topological polar surface area (TPSA) is 25.2 Å². The number of nitrogens with one attached hydrogen (secondary N) is 1. The van der Waals surface area contributed by atoms with Gasteiger partial charge in [-0.05, 0) is 12.3 Å². The van der Waals surface area contributed by atoms with E-state index in [1.807, 2.05) is 17.8 Å². The molecule has 0 amide bonds. The van der Waals surface area contributed by atoms with Gasteiger partial charge in [-0.1, -0.05) is 0 Å². The van der Waals surface area contributed by atoms with Gasteiger partial charge in [0.1, 0.15) is 0 Å². The number of hydrogen-bond donors (Lipinski definition) is 1. The van der Waals surface area contributed by atoms with Gasteiger partial charge in [0, 0.05) is 24.4 Å². The lowest BCUT2D eigenvalue weighted by atomic mass is 10.3. The standard InChI is InChI=1S/C8H13NOS/c1-11-5-3-9-6-8-2-4-10-7-8/h2,4,7,9H,3,5-6H2,1H3. The largest absolute Gasteiger partial charge is 0.472 e. The number of thioether (sulfide) groups is 1. The zero-order valence-corrected chi connectivity index (χ0v) is 7.49. The minimum absolute atomic E-state index is 0.914. The van der Waals surface area contributed by atoms with Crippen molar-refractivity contribution in [3.05, 3.63) is 24.2 Å². The maximum Gasteiger partial charge on any atom is 0.0947 e. The van der Waals surface area contributed by atoms with Crippen LogP contribution in [0.4, 0.5) is 0 Å². The fourth-order valence-corrected chi connectivity index (χ4v) is 1.15. The summed E-state index contributed by atoms with van der Waals surface area (Å²) in [5, 5.41) is 3.31. The van der Waals surface area contributed by atoms with E-state index in [0.717, 1.165) is 18.8 Å². The predicted molar refractivity (Wildman–Crippen MR) is 48.8 cm³/mol. The van der Waals surface area contributed by atoms with Crippen molar-refractivity contribution in [1.82, 2.24) is 5.32 Å². The second-order valence-electron chi connectivity index (χ2n) is 2.30. The molecule has 62 valence electrons. The molecular formula is C8H13NOS. The van der Waals surface area contributed by atoms with E-state index < -0.39 is 0 Å². The Morgan fingerprint density at radius 3 is 3.18 bits per heavy atom.